The Morgan fingerprint density at radius 2 is 1.86 bits per heavy atom. The number of carbonyl (C=O) groups is 1. The fraction of sp³-hybridized carbons (Fsp3) is 0.588. The summed E-state index contributed by atoms with van der Waals surface area (Å²) in [4.78, 5) is 18.9. The third-order valence-electron chi connectivity index (χ3n) is 9.16. The maximum Gasteiger partial charge on any atom is 0.404 e. The molecule has 1 unspecified atom stereocenters. The fourth-order valence-electron chi connectivity index (χ4n) is 6.73. The third-order valence-corrected chi connectivity index (χ3v) is 9.16. The topological polar surface area (TPSA) is 70.4 Å². The highest BCUT2D eigenvalue weighted by atomic mass is 35.5. The number of benzene rings is 2. The highest BCUT2D eigenvalue weighted by molar-refractivity contribution is 5.85. The molecule has 43 heavy (non-hydrogen) atoms. The molecule has 0 fully saturated rings. The average molecular weight is 638 g/mol. The molecule has 4 rings (SSSR count). The van der Waals surface area contributed by atoms with Gasteiger partial charge in [-0.2, -0.15) is 0 Å². The number of fused-ring (bicyclic) bond motifs is 2. The van der Waals surface area contributed by atoms with Gasteiger partial charge in [-0.1, -0.05) is 38.5 Å². The minimum Gasteiger partial charge on any atom is -0.465 e. The molecule has 9 heteroatoms. The van der Waals surface area contributed by atoms with Crippen molar-refractivity contribution >= 4 is 41.9 Å². The Bertz CT molecular complexity index is 1280. The van der Waals surface area contributed by atoms with Crippen LogP contribution in [0.1, 0.15) is 75.7 Å². The summed E-state index contributed by atoms with van der Waals surface area (Å²) in [6.07, 6.45) is 9.58. The minimum atomic E-state index is -0.934. The van der Waals surface area contributed by atoms with Gasteiger partial charge in [0, 0.05) is 19.5 Å². The minimum absolute atomic E-state index is 0. The normalized spacial score (nSPS) is 15.9. The number of aryl methyl sites for hydroxylation is 3. The monoisotopic (exact) mass is 636 g/mol. The molecule has 1 aliphatic rings. The molecular formula is C34H51Cl2FN4O2. The van der Waals surface area contributed by atoms with Crippen LogP contribution in [-0.4, -0.2) is 51.8 Å². The highest BCUT2D eigenvalue weighted by Crippen LogP contribution is 2.32. The number of nitrogens with zero attached hydrogens (tertiary/aromatic N) is 3. The quantitative estimate of drug-likeness (QED) is 0.165. The van der Waals surface area contributed by atoms with Crippen LogP contribution < -0.4 is 5.32 Å². The first-order valence-electron chi connectivity index (χ1n) is 15.6. The van der Waals surface area contributed by atoms with Crippen molar-refractivity contribution in [3.8, 4) is 0 Å². The molecule has 2 N–H and O–H groups in total. The van der Waals surface area contributed by atoms with Crippen molar-refractivity contribution in [1.82, 2.24) is 19.8 Å². The molecule has 0 aliphatic heterocycles. The number of carboxylic acid groups (broad SMARTS) is 1. The molecule has 0 radical (unpaired) electrons. The summed E-state index contributed by atoms with van der Waals surface area (Å²) in [7, 11) is 4.29. The zero-order valence-electron chi connectivity index (χ0n) is 26.2. The van der Waals surface area contributed by atoms with Crippen LogP contribution in [0, 0.1) is 23.6 Å². The van der Waals surface area contributed by atoms with Gasteiger partial charge in [0.05, 0.1) is 11.0 Å². The van der Waals surface area contributed by atoms with E-state index in [1.54, 1.807) is 12.1 Å². The van der Waals surface area contributed by atoms with Gasteiger partial charge in [-0.15, -0.1) is 24.8 Å². The maximum atomic E-state index is 13.6. The molecular weight excluding hydrogens is 586 g/mol. The lowest BCUT2D eigenvalue weighted by Gasteiger charge is -2.33. The number of para-hydroxylation sites is 2. The van der Waals surface area contributed by atoms with Gasteiger partial charge in [-0.3, -0.25) is 0 Å². The van der Waals surface area contributed by atoms with Gasteiger partial charge < -0.3 is 19.9 Å². The first kappa shape index (κ1) is 36.8. The van der Waals surface area contributed by atoms with Gasteiger partial charge >= 0.3 is 6.09 Å². The molecule has 0 saturated heterocycles. The Morgan fingerprint density at radius 1 is 1.09 bits per heavy atom. The second kappa shape index (κ2) is 17.8. The van der Waals surface area contributed by atoms with E-state index < -0.39 is 6.09 Å². The van der Waals surface area contributed by atoms with Crippen LogP contribution in [0.3, 0.4) is 0 Å². The standard InChI is InChI=1S/C34H49FN4O2.2ClH/c1-24(2)33(37-34(40)41)26(15-13-25-14-16-28-23-29(35)18-17-27(28)22-25)19-21-38(3)20-9-5-6-12-32-36-30-10-7-8-11-31(30)39(32)4;;/h7-8,10-11,17-18,23-26,33,37H,5-6,9,12-16,19-22H2,1-4H3,(H,40,41);2*1H/t25?,26-,33-;;/m0../s1. The number of hydrogen-bond donors (Lipinski definition) is 2. The van der Waals surface area contributed by atoms with E-state index in [0.717, 1.165) is 87.8 Å². The summed E-state index contributed by atoms with van der Waals surface area (Å²) in [6.45, 7) is 6.25. The molecule has 1 aromatic heterocycles. The van der Waals surface area contributed by atoms with E-state index >= 15 is 0 Å². The number of unbranched alkanes of at least 4 members (excludes halogenated alkanes) is 2. The van der Waals surface area contributed by atoms with Gasteiger partial charge in [0.15, 0.2) is 0 Å². The first-order valence-corrected chi connectivity index (χ1v) is 15.6. The van der Waals surface area contributed by atoms with E-state index in [4.69, 9.17) is 4.98 Å². The lowest BCUT2D eigenvalue weighted by atomic mass is 9.77. The van der Waals surface area contributed by atoms with Crippen molar-refractivity contribution in [2.24, 2.45) is 24.8 Å². The Kier molecular flexibility index (Phi) is 15.3. The lowest BCUT2D eigenvalue weighted by molar-refractivity contribution is 0.165. The van der Waals surface area contributed by atoms with Crippen molar-refractivity contribution < 1.29 is 14.3 Å². The van der Waals surface area contributed by atoms with Crippen LogP contribution in [-0.2, 0) is 26.3 Å². The molecule has 1 amide bonds. The second-order valence-corrected chi connectivity index (χ2v) is 12.6. The zero-order chi connectivity index (χ0) is 29.4. The maximum absolute atomic E-state index is 13.6. The summed E-state index contributed by atoms with van der Waals surface area (Å²) in [5.41, 5.74) is 4.69. The van der Waals surface area contributed by atoms with Crippen LogP contribution in [0.5, 0.6) is 0 Å². The molecule has 3 aromatic rings. The summed E-state index contributed by atoms with van der Waals surface area (Å²) in [5, 5.41) is 12.4. The summed E-state index contributed by atoms with van der Waals surface area (Å²) in [6, 6.07) is 13.5. The Hall–Kier alpha value is -2.35. The van der Waals surface area contributed by atoms with Crippen LogP contribution >= 0.6 is 24.8 Å². The first-order chi connectivity index (χ1) is 19.7. The highest BCUT2D eigenvalue weighted by Gasteiger charge is 2.28. The molecule has 0 saturated carbocycles. The molecule has 0 bridgehead atoms. The zero-order valence-corrected chi connectivity index (χ0v) is 27.9. The number of amides is 1. The van der Waals surface area contributed by atoms with Crippen molar-refractivity contribution in [2.45, 2.75) is 84.1 Å². The molecule has 6 nitrogen and oxygen atoms in total. The predicted molar refractivity (Wildman–Crippen MR) is 179 cm³/mol. The van der Waals surface area contributed by atoms with E-state index in [-0.39, 0.29) is 42.6 Å². The number of nitrogens with one attached hydrogen (secondary N) is 1. The van der Waals surface area contributed by atoms with Gasteiger partial charge in [0.1, 0.15) is 11.6 Å². The number of hydrogen-bond acceptors (Lipinski definition) is 3. The third kappa shape index (κ3) is 10.6. The Morgan fingerprint density at radius 3 is 2.58 bits per heavy atom. The Labute approximate surface area is 269 Å². The van der Waals surface area contributed by atoms with Crippen LogP contribution in [0.15, 0.2) is 42.5 Å². The molecule has 0 spiro atoms. The largest absolute Gasteiger partial charge is 0.465 e. The fourth-order valence-corrected chi connectivity index (χ4v) is 6.73. The molecule has 1 aliphatic carbocycles. The van der Waals surface area contributed by atoms with Crippen molar-refractivity contribution in [3.63, 3.8) is 0 Å². The molecule has 2 aromatic carbocycles. The predicted octanol–water partition coefficient (Wildman–Crippen LogP) is 8.08. The van der Waals surface area contributed by atoms with Crippen LogP contribution in [0.4, 0.5) is 9.18 Å². The van der Waals surface area contributed by atoms with Gasteiger partial charge in [0.25, 0.3) is 0 Å². The van der Waals surface area contributed by atoms with Crippen LogP contribution in [0.25, 0.3) is 11.0 Å². The average Bonchev–Trinajstić information content (AvgIpc) is 3.26. The van der Waals surface area contributed by atoms with E-state index in [1.165, 1.54) is 17.5 Å². The summed E-state index contributed by atoms with van der Waals surface area (Å²) < 4.78 is 15.9. The van der Waals surface area contributed by atoms with E-state index in [9.17, 15) is 14.3 Å². The molecule has 1 heterocycles. The summed E-state index contributed by atoms with van der Waals surface area (Å²) >= 11 is 0. The van der Waals surface area contributed by atoms with Gasteiger partial charge in [-0.05, 0) is 125 Å². The number of rotatable bonds is 15. The SMILES string of the molecule is CC(C)[C@H](NC(=O)O)[C@@H](CCC1CCc2cc(F)ccc2C1)CCN(C)CCCCCc1nc2ccccc2n1C.Cl.Cl. The van der Waals surface area contributed by atoms with E-state index in [1.807, 2.05) is 12.1 Å². The van der Waals surface area contributed by atoms with Gasteiger partial charge in [-0.25, -0.2) is 14.2 Å². The number of aromatic nitrogens is 2. The molecule has 3 atom stereocenters. The summed E-state index contributed by atoms with van der Waals surface area (Å²) in [5.74, 6) is 2.11. The van der Waals surface area contributed by atoms with Crippen molar-refractivity contribution in [3.05, 3.63) is 65.2 Å². The smallest absolute Gasteiger partial charge is 0.404 e. The van der Waals surface area contributed by atoms with Crippen molar-refractivity contribution in [2.75, 3.05) is 20.1 Å². The number of halogens is 3. The van der Waals surface area contributed by atoms with Crippen molar-refractivity contribution in [1.29, 1.82) is 0 Å². The Balaban J connectivity index is 0.00000323. The molecule has 240 valence electrons. The van der Waals surface area contributed by atoms with Gasteiger partial charge in [0.2, 0.25) is 0 Å². The van der Waals surface area contributed by atoms with E-state index in [0.29, 0.717) is 11.8 Å². The number of imidazole rings is 1. The lowest BCUT2D eigenvalue weighted by Crippen LogP contribution is -2.44. The van der Waals surface area contributed by atoms with E-state index in [2.05, 4.69) is 60.9 Å². The van der Waals surface area contributed by atoms with Crippen LogP contribution in [0.2, 0.25) is 0 Å². The second-order valence-electron chi connectivity index (χ2n) is 12.6.